The molecule has 6 heterocycles. The number of hydrogen-bond acceptors (Lipinski definition) is 13. The Morgan fingerprint density at radius 1 is 0.957 bits per heavy atom. The predicted molar refractivity (Wildman–Crippen MR) is 250 cm³/mol. The lowest BCUT2D eigenvalue weighted by Crippen LogP contribution is -2.50. The molecule has 2 aliphatic heterocycles. The molecule has 0 saturated carbocycles. The number of halogens is 2. The predicted octanol–water partition coefficient (Wildman–Crippen LogP) is 4.55. The maximum absolute atomic E-state index is 14.2. The number of nitrogens with one attached hydrogen (secondary N) is 3. The smallest absolute Gasteiger partial charge is 0.410 e. The van der Waals surface area contributed by atoms with Crippen LogP contribution in [0.25, 0.3) is 22.4 Å². The molecule has 4 amide bonds. The summed E-state index contributed by atoms with van der Waals surface area (Å²) in [6.45, 7) is 10.2. The second-order valence-electron chi connectivity index (χ2n) is 17.8. The van der Waals surface area contributed by atoms with Gasteiger partial charge in [-0.3, -0.25) is 28.8 Å². The maximum atomic E-state index is 14.2. The highest BCUT2D eigenvalue weighted by molar-refractivity contribution is 6.08. The van der Waals surface area contributed by atoms with Gasteiger partial charge in [0.1, 0.15) is 23.0 Å². The monoisotopic (exact) mass is 954 g/mol. The van der Waals surface area contributed by atoms with E-state index in [0.717, 1.165) is 16.6 Å². The van der Waals surface area contributed by atoms with Crippen molar-refractivity contribution in [2.75, 3.05) is 69.4 Å². The lowest BCUT2D eigenvalue weighted by molar-refractivity contribution is -0.135. The second kappa shape index (κ2) is 21.1. The molecule has 3 N–H and O–H groups in total. The summed E-state index contributed by atoms with van der Waals surface area (Å²) in [5.41, 5.74) is 2.55. The average Bonchev–Trinajstić information content (AvgIpc) is 4.02. The van der Waals surface area contributed by atoms with Gasteiger partial charge in [-0.2, -0.15) is 10.2 Å². The SMILES string of the molecule is Cn1c(=O)n(C2CCC(=O)NC2=O)c2cccc(CCCOCCOCCNCc3ccc(-n4cc(NC(=O)c5cnn6ccc(N7CCN(C(=O)OC(C)(C)C)CC7)nc56)c(C(F)F)n4)cc3)c21. The number of piperidine rings is 1. The summed E-state index contributed by atoms with van der Waals surface area (Å²) in [7, 11) is 1.69. The van der Waals surface area contributed by atoms with Crippen molar-refractivity contribution in [3.8, 4) is 5.69 Å². The number of aryl methyl sites for hydroxylation is 2. The van der Waals surface area contributed by atoms with Crippen LogP contribution in [0, 0.1) is 0 Å². The number of fused-ring (bicyclic) bond motifs is 2. The minimum Gasteiger partial charge on any atom is -0.444 e. The first-order valence-electron chi connectivity index (χ1n) is 22.9. The summed E-state index contributed by atoms with van der Waals surface area (Å²) < 4.78 is 51.3. The van der Waals surface area contributed by atoms with E-state index in [-0.39, 0.29) is 47.4 Å². The van der Waals surface area contributed by atoms with Crippen molar-refractivity contribution >= 4 is 52.0 Å². The number of alkyl halides is 2. The van der Waals surface area contributed by atoms with Crippen LogP contribution in [0.15, 0.2) is 71.9 Å². The highest BCUT2D eigenvalue weighted by atomic mass is 19.3. The third-order valence-corrected chi connectivity index (χ3v) is 11.8. The number of aromatic nitrogens is 7. The van der Waals surface area contributed by atoms with Gasteiger partial charge < -0.3 is 34.6 Å². The fourth-order valence-corrected chi connectivity index (χ4v) is 8.39. The standard InChI is InChI=1S/C47H56F2N12O8/c1-47(2,3)69-46(66)58-21-19-57(20-22-58)37-16-18-59-42(53-37)33(28-51-59)43(63)52-34-29-60(55-39(34)41(48)49)32-12-10-30(11-13-32)27-50-17-24-68-26-25-67-23-6-8-31-7-5-9-35-40(31)56(4)45(65)61(35)36-14-15-38(62)54-44(36)64/h5,7,9-13,16,18,28-29,36,41,50H,6,8,14-15,17,19-27H2,1-4H3,(H,52,63)(H,54,62,64). The highest BCUT2D eigenvalue weighted by Gasteiger charge is 2.32. The van der Waals surface area contributed by atoms with Gasteiger partial charge in [-0.1, -0.05) is 24.3 Å². The number of hydrogen-bond donors (Lipinski definition) is 3. The Labute approximate surface area is 395 Å². The number of imidazole rings is 1. The van der Waals surface area contributed by atoms with Crippen molar-refractivity contribution in [2.45, 2.75) is 71.1 Å². The summed E-state index contributed by atoms with van der Waals surface area (Å²) in [5, 5.41) is 16.6. The van der Waals surface area contributed by atoms with E-state index >= 15 is 0 Å². The molecule has 366 valence electrons. The van der Waals surface area contributed by atoms with Gasteiger partial charge in [0.15, 0.2) is 11.3 Å². The number of anilines is 2. The van der Waals surface area contributed by atoms with Gasteiger partial charge in [0.2, 0.25) is 11.8 Å². The Balaban J connectivity index is 0.757. The lowest BCUT2D eigenvalue weighted by atomic mass is 10.0. The number of para-hydroxylation sites is 1. The van der Waals surface area contributed by atoms with Gasteiger partial charge in [0.25, 0.3) is 12.3 Å². The Morgan fingerprint density at radius 2 is 1.71 bits per heavy atom. The van der Waals surface area contributed by atoms with Crippen LogP contribution in [0.1, 0.15) is 79.7 Å². The van der Waals surface area contributed by atoms with Crippen LogP contribution < -0.4 is 26.5 Å². The normalized spacial score (nSPS) is 15.7. The lowest BCUT2D eigenvalue weighted by Gasteiger charge is -2.36. The fourth-order valence-electron chi connectivity index (χ4n) is 8.39. The molecule has 6 aromatic rings. The Morgan fingerprint density at radius 3 is 2.43 bits per heavy atom. The molecule has 20 nitrogen and oxygen atoms in total. The van der Waals surface area contributed by atoms with Gasteiger partial charge in [-0.05, 0) is 75.4 Å². The Bertz CT molecular complexity index is 2880. The van der Waals surface area contributed by atoms with Crippen molar-refractivity contribution in [1.29, 1.82) is 0 Å². The molecule has 2 aliphatic rings. The number of benzene rings is 2. The van der Waals surface area contributed by atoms with Crippen molar-refractivity contribution in [2.24, 2.45) is 7.05 Å². The van der Waals surface area contributed by atoms with Crippen molar-refractivity contribution in [1.82, 2.24) is 49.0 Å². The van der Waals surface area contributed by atoms with E-state index in [9.17, 15) is 32.8 Å². The number of rotatable bonds is 18. The number of carbonyl (C=O) groups is 4. The summed E-state index contributed by atoms with van der Waals surface area (Å²) >= 11 is 0. The van der Waals surface area contributed by atoms with Crippen LogP contribution in [0.3, 0.4) is 0 Å². The largest absolute Gasteiger partial charge is 0.444 e. The third-order valence-electron chi connectivity index (χ3n) is 11.8. The van der Waals surface area contributed by atoms with Crippen LogP contribution >= 0.6 is 0 Å². The first kappa shape index (κ1) is 48.4. The molecular formula is C47H56F2N12O8. The van der Waals surface area contributed by atoms with Gasteiger partial charge in [0.05, 0.1) is 54.6 Å². The van der Waals surface area contributed by atoms with Crippen LogP contribution in [-0.2, 0) is 43.8 Å². The molecule has 22 heteroatoms. The zero-order chi connectivity index (χ0) is 48.8. The van der Waals surface area contributed by atoms with Gasteiger partial charge >= 0.3 is 11.8 Å². The molecular weight excluding hydrogens is 899 g/mol. The fraction of sp³-hybridized carbons (Fsp3) is 0.447. The van der Waals surface area contributed by atoms with Gasteiger partial charge in [-0.15, -0.1) is 0 Å². The summed E-state index contributed by atoms with van der Waals surface area (Å²) in [5.74, 6) is -0.896. The van der Waals surface area contributed by atoms with Gasteiger partial charge in [-0.25, -0.2) is 32.6 Å². The second-order valence-corrected chi connectivity index (χ2v) is 17.8. The minimum absolute atomic E-state index is 0.0874. The number of ether oxygens (including phenoxy) is 3. The summed E-state index contributed by atoms with van der Waals surface area (Å²) in [4.78, 5) is 71.8. The number of piperazine rings is 1. The third kappa shape index (κ3) is 11.3. The van der Waals surface area contributed by atoms with E-state index in [1.807, 2.05) is 56.0 Å². The number of imide groups is 1. The Kier molecular flexibility index (Phi) is 14.8. The van der Waals surface area contributed by atoms with E-state index in [1.54, 1.807) is 40.9 Å². The first-order chi connectivity index (χ1) is 33.1. The van der Waals surface area contributed by atoms with Crippen LogP contribution in [0.4, 0.5) is 25.1 Å². The molecule has 1 unspecified atom stereocenters. The topological polar surface area (TPSA) is 213 Å². The maximum Gasteiger partial charge on any atom is 0.410 e. The summed E-state index contributed by atoms with van der Waals surface area (Å²) in [6, 6.07) is 13.9. The molecule has 0 radical (unpaired) electrons. The Hall–Kier alpha value is -7.04. The highest BCUT2D eigenvalue weighted by Crippen LogP contribution is 2.29. The molecule has 0 aliphatic carbocycles. The molecule has 2 aromatic carbocycles. The molecule has 8 rings (SSSR count). The van der Waals surface area contributed by atoms with E-state index < -0.39 is 35.6 Å². The molecule has 4 aromatic heterocycles. The zero-order valence-electron chi connectivity index (χ0n) is 39.0. The number of amides is 4. The molecule has 2 saturated heterocycles. The molecule has 0 bridgehead atoms. The number of nitrogens with zero attached hydrogens (tertiary/aromatic N) is 9. The first-order valence-corrected chi connectivity index (χ1v) is 22.9. The summed E-state index contributed by atoms with van der Waals surface area (Å²) in [6.07, 6.45) is 2.84. The number of carbonyl (C=O) groups excluding carboxylic acids is 4. The quantitative estimate of drug-likeness (QED) is 0.0798. The van der Waals surface area contributed by atoms with Crippen LogP contribution in [0.2, 0.25) is 0 Å². The van der Waals surface area contributed by atoms with Crippen LogP contribution in [-0.4, -0.2) is 127 Å². The van der Waals surface area contributed by atoms with Crippen LogP contribution in [0.5, 0.6) is 0 Å². The zero-order valence-corrected chi connectivity index (χ0v) is 39.0. The van der Waals surface area contributed by atoms with Gasteiger partial charge in [0, 0.05) is 65.5 Å². The van der Waals surface area contributed by atoms with Crippen molar-refractivity contribution < 1.29 is 42.2 Å². The minimum atomic E-state index is -2.97. The van der Waals surface area contributed by atoms with E-state index in [1.165, 1.54) is 26.2 Å². The molecule has 2 fully saturated rings. The van der Waals surface area contributed by atoms with E-state index in [0.29, 0.717) is 95.6 Å². The average molecular weight is 955 g/mol. The molecule has 69 heavy (non-hydrogen) atoms. The molecule has 1 atom stereocenters. The van der Waals surface area contributed by atoms with Crippen molar-refractivity contribution in [3.63, 3.8) is 0 Å². The van der Waals surface area contributed by atoms with Crippen molar-refractivity contribution in [3.05, 3.63) is 100.0 Å². The van der Waals surface area contributed by atoms with E-state index in [2.05, 4.69) is 31.1 Å². The van der Waals surface area contributed by atoms with E-state index in [4.69, 9.17) is 14.2 Å². The molecule has 0 spiro atoms.